The molecule has 32 heavy (non-hydrogen) atoms. The molecule has 0 aromatic heterocycles. The molecule has 0 heterocycles. The van der Waals surface area contributed by atoms with Gasteiger partial charge in [0.1, 0.15) is 11.5 Å². The molecular weight excluding hydrogens is 408 g/mol. The molecule has 2 rings (SSSR count). The molecule has 0 saturated carbocycles. The van der Waals surface area contributed by atoms with Crippen LogP contribution in [0.2, 0.25) is 0 Å². The van der Waals surface area contributed by atoms with Crippen LogP contribution in [-0.4, -0.2) is 36.9 Å². The van der Waals surface area contributed by atoms with E-state index < -0.39 is 11.9 Å². The Morgan fingerprint density at radius 2 is 1.28 bits per heavy atom. The quantitative estimate of drug-likeness (QED) is 0.238. The molecule has 6 nitrogen and oxygen atoms in total. The third kappa shape index (κ3) is 10.4. The molecule has 2 aromatic carbocycles. The average Bonchev–Trinajstić information content (AvgIpc) is 2.83. The van der Waals surface area contributed by atoms with Crippen LogP contribution >= 0.6 is 0 Å². The topological polar surface area (TPSA) is 82.1 Å². The van der Waals surface area contributed by atoms with Crippen molar-refractivity contribution in [3.05, 3.63) is 59.7 Å². The van der Waals surface area contributed by atoms with Crippen LogP contribution in [0.4, 0.5) is 0 Å². The molecule has 6 heteroatoms. The van der Waals surface area contributed by atoms with Crippen LogP contribution in [0.15, 0.2) is 48.5 Å². The Kier molecular flexibility index (Phi) is 14.3. The molecule has 0 aliphatic rings. The lowest BCUT2D eigenvalue weighted by molar-refractivity contribution is 0.0492. The minimum absolute atomic E-state index is 0.0758. The number of rotatable bonds is 13. The Bertz CT molecular complexity index is 768. The van der Waals surface area contributed by atoms with E-state index in [2.05, 4.69) is 6.92 Å². The van der Waals surface area contributed by atoms with Crippen LogP contribution in [-0.2, 0) is 4.74 Å². The van der Waals surface area contributed by atoms with Gasteiger partial charge in [-0.1, -0.05) is 40.0 Å². The van der Waals surface area contributed by atoms with Crippen molar-refractivity contribution in [3.8, 4) is 11.5 Å². The molecule has 176 valence electrons. The van der Waals surface area contributed by atoms with Gasteiger partial charge in [0.2, 0.25) is 0 Å². The van der Waals surface area contributed by atoms with Crippen molar-refractivity contribution in [1.82, 2.24) is 0 Å². The van der Waals surface area contributed by atoms with E-state index in [9.17, 15) is 9.59 Å². The highest BCUT2D eigenvalue weighted by atomic mass is 16.5. The average molecular weight is 445 g/mol. The molecule has 0 amide bonds. The van der Waals surface area contributed by atoms with Gasteiger partial charge in [0.15, 0.2) is 0 Å². The van der Waals surface area contributed by atoms with Crippen LogP contribution in [0.25, 0.3) is 0 Å². The van der Waals surface area contributed by atoms with Crippen LogP contribution in [0.5, 0.6) is 11.5 Å². The van der Waals surface area contributed by atoms with E-state index in [0.717, 1.165) is 18.6 Å². The first kappa shape index (κ1) is 27.2. The lowest BCUT2D eigenvalue weighted by Crippen LogP contribution is -2.09. The number of ether oxygens (including phenoxy) is 3. The van der Waals surface area contributed by atoms with Gasteiger partial charge in [0, 0.05) is 6.61 Å². The Balaban J connectivity index is 0.00000249. The van der Waals surface area contributed by atoms with Crippen LogP contribution in [0, 0.1) is 0 Å². The molecule has 0 atom stereocenters. The predicted molar refractivity (Wildman–Crippen MR) is 125 cm³/mol. The van der Waals surface area contributed by atoms with Gasteiger partial charge in [-0.25, -0.2) is 9.59 Å². The Morgan fingerprint density at radius 1 is 0.719 bits per heavy atom. The summed E-state index contributed by atoms with van der Waals surface area (Å²) in [5.41, 5.74) is 0.792. The first-order valence-electron chi connectivity index (χ1n) is 11.5. The number of unbranched alkanes of at least 4 members (excludes halogenated alkanes) is 4. The second-order valence-electron chi connectivity index (χ2n) is 6.91. The van der Waals surface area contributed by atoms with Gasteiger partial charge < -0.3 is 19.3 Å². The van der Waals surface area contributed by atoms with E-state index in [4.69, 9.17) is 19.3 Å². The number of benzene rings is 2. The summed E-state index contributed by atoms with van der Waals surface area (Å²) in [5.74, 6) is 0.137. The number of hydrogen-bond donors (Lipinski definition) is 1. The predicted octanol–water partition coefficient (Wildman–Crippen LogP) is 5.82. The fraction of sp³-hybridized carbons (Fsp3) is 0.462. The van der Waals surface area contributed by atoms with Crippen molar-refractivity contribution >= 4 is 11.9 Å². The SMILES string of the molecule is CC.CCCCCCOc1ccc(C(=O)Oc2ccc(C(=O)OCCCCO)cc2)cc1. The zero-order valence-corrected chi connectivity index (χ0v) is 19.5. The molecule has 2 aromatic rings. The Morgan fingerprint density at radius 3 is 1.88 bits per heavy atom. The molecule has 1 N–H and O–H groups in total. The van der Waals surface area contributed by atoms with E-state index in [0.29, 0.717) is 36.3 Å². The Hall–Kier alpha value is -2.86. The molecule has 0 aliphatic heterocycles. The highest BCUT2D eigenvalue weighted by Gasteiger charge is 2.11. The van der Waals surface area contributed by atoms with Gasteiger partial charge in [-0.15, -0.1) is 0 Å². The Labute approximate surface area is 191 Å². The van der Waals surface area contributed by atoms with Gasteiger partial charge in [-0.3, -0.25) is 0 Å². The summed E-state index contributed by atoms with van der Waals surface area (Å²) < 4.78 is 16.1. The monoisotopic (exact) mass is 444 g/mol. The van der Waals surface area contributed by atoms with Crippen molar-refractivity contribution in [2.45, 2.75) is 59.3 Å². The summed E-state index contributed by atoms with van der Waals surface area (Å²) in [6.45, 7) is 7.17. The zero-order chi connectivity index (χ0) is 23.6. The molecular formula is C26H36O6. The highest BCUT2D eigenvalue weighted by Crippen LogP contribution is 2.17. The molecule has 0 fully saturated rings. The number of carbonyl (C=O) groups excluding carboxylic acids is 2. The van der Waals surface area contributed by atoms with Crippen LogP contribution in [0.3, 0.4) is 0 Å². The number of carbonyl (C=O) groups is 2. The second kappa shape index (κ2) is 16.8. The van der Waals surface area contributed by atoms with Crippen molar-refractivity contribution in [2.24, 2.45) is 0 Å². The largest absolute Gasteiger partial charge is 0.494 e. The van der Waals surface area contributed by atoms with E-state index in [1.807, 2.05) is 13.8 Å². The van der Waals surface area contributed by atoms with E-state index in [1.165, 1.54) is 12.8 Å². The minimum atomic E-state index is -0.483. The van der Waals surface area contributed by atoms with Crippen molar-refractivity contribution in [2.75, 3.05) is 19.8 Å². The first-order valence-corrected chi connectivity index (χ1v) is 11.5. The zero-order valence-electron chi connectivity index (χ0n) is 19.5. The van der Waals surface area contributed by atoms with Crippen molar-refractivity contribution in [1.29, 1.82) is 0 Å². The molecule has 0 spiro atoms. The van der Waals surface area contributed by atoms with E-state index >= 15 is 0 Å². The number of aliphatic hydroxyl groups is 1. The maximum Gasteiger partial charge on any atom is 0.343 e. The van der Waals surface area contributed by atoms with Gasteiger partial charge in [-0.2, -0.15) is 0 Å². The standard InChI is InChI=1S/C24H30O6.C2H6/c1-2-3-4-6-17-28-21-12-8-20(9-13-21)24(27)30-22-14-10-19(11-15-22)23(26)29-18-7-5-16-25;1-2/h8-15,25H,2-7,16-18H2,1H3;1-2H3. The maximum absolute atomic E-state index is 12.3. The molecule has 0 bridgehead atoms. The lowest BCUT2D eigenvalue weighted by atomic mass is 10.2. The van der Waals surface area contributed by atoms with Gasteiger partial charge in [0.05, 0.1) is 24.3 Å². The summed E-state index contributed by atoms with van der Waals surface area (Å²) in [5, 5.41) is 8.72. The fourth-order valence-corrected chi connectivity index (χ4v) is 2.69. The molecule has 0 aliphatic carbocycles. The van der Waals surface area contributed by atoms with Gasteiger partial charge >= 0.3 is 11.9 Å². The lowest BCUT2D eigenvalue weighted by Gasteiger charge is -2.08. The van der Waals surface area contributed by atoms with E-state index in [1.54, 1.807) is 48.5 Å². The minimum Gasteiger partial charge on any atom is -0.494 e. The van der Waals surface area contributed by atoms with Crippen molar-refractivity contribution in [3.63, 3.8) is 0 Å². The second-order valence-corrected chi connectivity index (χ2v) is 6.91. The molecule has 0 radical (unpaired) electrons. The molecule has 0 unspecified atom stereocenters. The molecule has 0 saturated heterocycles. The van der Waals surface area contributed by atoms with Gasteiger partial charge in [-0.05, 0) is 67.8 Å². The first-order chi connectivity index (χ1) is 15.6. The summed E-state index contributed by atoms with van der Waals surface area (Å²) in [4.78, 5) is 24.2. The summed E-state index contributed by atoms with van der Waals surface area (Å²) >= 11 is 0. The third-order valence-electron chi connectivity index (χ3n) is 4.44. The fourth-order valence-electron chi connectivity index (χ4n) is 2.69. The number of esters is 2. The normalized spacial score (nSPS) is 10.0. The van der Waals surface area contributed by atoms with Crippen LogP contribution in [0.1, 0.15) is 80.0 Å². The summed E-state index contributed by atoms with van der Waals surface area (Å²) in [7, 11) is 0. The smallest absolute Gasteiger partial charge is 0.343 e. The third-order valence-corrected chi connectivity index (χ3v) is 4.44. The number of aliphatic hydroxyl groups excluding tert-OH is 1. The maximum atomic E-state index is 12.3. The summed E-state index contributed by atoms with van der Waals surface area (Å²) in [6.07, 6.45) is 5.77. The van der Waals surface area contributed by atoms with Crippen molar-refractivity contribution < 1.29 is 28.9 Å². The van der Waals surface area contributed by atoms with Gasteiger partial charge in [0.25, 0.3) is 0 Å². The summed E-state index contributed by atoms with van der Waals surface area (Å²) in [6, 6.07) is 13.0. The number of hydrogen-bond acceptors (Lipinski definition) is 6. The van der Waals surface area contributed by atoms with Crippen LogP contribution < -0.4 is 9.47 Å². The van der Waals surface area contributed by atoms with E-state index in [-0.39, 0.29) is 13.2 Å². The highest BCUT2D eigenvalue weighted by molar-refractivity contribution is 5.92.